The van der Waals surface area contributed by atoms with Crippen molar-refractivity contribution in [2.45, 2.75) is 32.0 Å². The monoisotopic (exact) mass is 761 g/mol. The Labute approximate surface area is 325 Å². The summed E-state index contributed by atoms with van der Waals surface area (Å²) in [6.45, 7) is 3.62. The van der Waals surface area contributed by atoms with Gasteiger partial charge in [-0.2, -0.15) is 0 Å². The Morgan fingerprint density at radius 2 is 1.09 bits per heavy atom. The number of anilines is 1. The molecule has 0 N–H and O–H groups in total. The number of hydrogen-bond acceptors (Lipinski definition) is 9. The summed E-state index contributed by atoms with van der Waals surface area (Å²) in [5.41, 5.74) is 7.71. The quantitative estimate of drug-likeness (QED) is 0.110. The van der Waals surface area contributed by atoms with Crippen molar-refractivity contribution < 1.29 is 28.4 Å². The van der Waals surface area contributed by atoms with Gasteiger partial charge in [-0.3, -0.25) is 9.88 Å². The van der Waals surface area contributed by atoms with Gasteiger partial charge in [0.2, 0.25) is 11.5 Å². The summed E-state index contributed by atoms with van der Waals surface area (Å²) in [6.07, 6.45) is 5.96. The summed E-state index contributed by atoms with van der Waals surface area (Å²) in [4.78, 5) is 9.69. The van der Waals surface area contributed by atoms with Crippen LogP contribution in [0.5, 0.6) is 34.5 Å². The van der Waals surface area contributed by atoms with Crippen molar-refractivity contribution >= 4 is 30.5 Å². The zero-order chi connectivity index (χ0) is 35.7. The molecular formula is C42H49Cl2N3O6. The molecule has 0 aliphatic carbocycles. The maximum Gasteiger partial charge on any atom is 0.203 e. The zero-order valence-electron chi connectivity index (χ0n) is 31.2. The first-order chi connectivity index (χ1) is 25.0. The summed E-state index contributed by atoms with van der Waals surface area (Å²) >= 11 is 0. The third-order valence-corrected chi connectivity index (χ3v) is 9.56. The predicted molar refractivity (Wildman–Crippen MR) is 216 cm³/mol. The minimum absolute atomic E-state index is 0. The molecule has 0 spiro atoms. The van der Waals surface area contributed by atoms with Crippen LogP contribution in [0.1, 0.15) is 24.0 Å². The highest BCUT2D eigenvalue weighted by Crippen LogP contribution is 2.42. The molecule has 5 aromatic rings. The largest absolute Gasteiger partial charge is 0.493 e. The molecule has 11 heteroatoms. The van der Waals surface area contributed by atoms with Crippen LogP contribution in [0.3, 0.4) is 0 Å². The van der Waals surface area contributed by atoms with Gasteiger partial charge in [-0.05, 0) is 89.2 Å². The van der Waals surface area contributed by atoms with Gasteiger partial charge in [0, 0.05) is 55.9 Å². The van der Waals surface area contributed by atoms with Crippen molar-refractivity contribution in [3.05, 3.63) is 108 Å². The Morgan fingerprint density at radius 1 is 0.566 bits per heavy atom. The Morgan fingerprint density at radius 3 is 1.62 bits per heavy atom. The fraction of sp³-hybridized carbons (Fsp3) is 0.310. The lowest BCUT2D eigenvalue weighted by molar-refractivity contribution is 0.200. The predicted octanol–water partition coefficient (Wildman–Crippen LogP) is 8.98. The molecular weight excluding hydrogens is 713 g/mol. The number of hydrogen-bond donors (Lipinski definition) is 0. The lowest BCUT2D eigenvalue weighted by Gasteiger charge is -2.40. The molecule has 0 unspecified atom stereocenters. The van der Waals surface area contributed by atoms with Crippen LogP contribution in [0, 0.1) is 0 Å². The topological polar surface area (TPSA) is 74.8 Å². The van der Waals surface area contributed by atoms with Gasteiger partial charge in [0.15, 0.2) is 23.0 Å². The fourth-order valence-electron chi connectivity index (χ4n) is 6.97. The molecule has 0 radical (unpaired) electrons. The first-order valence-corrected chi connectivity index (χ1v) is 17.2. The first kappa shape index (κ1) is 40.9. The summed E-state index contributed by atoms with van der Waals surface area (Å²) in [5.74, 6) is 3.68. The van der Waals surface area contributed by atoms with E-state index < -0.39 is 0 Å². The van der Waals surface area contributed by atoms with E-state index in [1.54, 1.807) is 42.7 Å². The minimum Gasteiger partial charge on any atom is -0.493 e. The molecule has 1 aromatic heterocycles. The van der Waals surface area contributed by atoms with E-state index in [4.69, 9.17) is 28.4 Å². The Hall–Kier alpha value is -4.83. The highest BCUT2D eigenvalue weighted by Gasteiger charge is 2.26. The lowest BCUT2D eigenvalue weighted by atomic mass is 9.98. The van der Waals surface area contributed by atoms with Crippen LogP contribution < -0.4 is 33.3 Å². The van der Waals surface area contributed by atoms with E-state index in [9.17, 15) is 0 Å². The van der Waals surface area contributed by atoms with E-state index in [2.05, 4.69) is 75.4 Å². The van der Waals surface area contributed by atoms with Crippen LogP contribution in [0.4, 0.5) is 5.69 Å². The molecule has 4 aromatic carbocycles. The SMILES string of the molecule is COc1cc(-c2cncc(CN3CCC(N(Cc4cccc(-c5cc(OC)c(OC)c(OC)c5)c4)c4ccccc4)CC3)c2)cc(OC)c1OC.Cl.Cl. The molecule has 1 saturated heterocycles. The number of para-hydroxylation sites is 1. The molecule has 0 saturated carbocycles. The standard InChI is InChI=1S/C42H47N3O6.2ClH/c1-46-37-21-32(22-38(47-2)41(37)50-5)31-12-10-11-29(19-31)28-45(35-13-8-7-9-14-35)36-15-17-44(18-16-36)27-30-20-34(26-43-25-30)33-23-39(48-3)42(51-6)40(24-33)49-4;;/h7-14,19-26,36H,15-18,27-28H2,1-6H3;2*1H. The molecule has 0 atom stereocenters. The van der Waals surface area contributed by atoms with Crippen LogP contribution in [0.2, 0.25) is 0 Å². The van der Waals surface area contributed by atoms with Gasteiger partial charge < -0.3 is 33.3 Å². The molecule has 9 nitrogen and oxygen atoms in total. The van der Waals surface area contributed by atoms with Crippen LogP contribution in [-0.2, 0) is 13.1 Å². The Bertz CT molecular complexity index is 1870. The molecule has 0 bridgehead atoms. The van der Waals surface area contributed by atoms with Gasteiger partial charge in [-0.1, -0.05) is 36.4 Å². The summed E-state index contributed by atoms with van der Waals surface area (Å²) in [7, 11) is 9.79. The van der Waals surface area contributed by atoms with Gasteiger partial charge in [0.05, 0.1) is 42.7 Å². The highest BCUT2D eigenvalue weighted by atomic mass is 35.5. The van der Waals surface area contributed by atoms with Gasteiger partial charge >= 0.3 is 0 Å². The van der Waals surface area contributed by atoms with Crippen molar-refractivity contribution in [2.75, 3.05) is 60.6 Å². The number of halogens is 2. The summed E-state index contributed by atoms with van der Waals surface area (Å²) < 4.78 is 33.5. The second-order valence-corrected chi connectivity index (χ2v) is 12.6. The molecule has 1 aliphatic heterocycles. The number of methoxy groups -OCH3 is 6. The minimum atomic E-state index is 0. The Kier molecular flexibility index (Phi) is 14.9. The van der Waals surface area contributed by atoms with E-state index >= 15 is 0 Å². The van der Waals surface area contributed by atoms with Gasteiger partial charge in [-0.15, -0.1) is 24.8 Å². The third-order valence-electron chi connectivity index (χ3n) is 9.56. The van der Waals surface area contributed by atoms with Crippen molar-refractivity contribution in [3.8, 4) is 56.8 Å². The normalized spacial score (nSPS) is 12.9. The van der Waals surface area contributed by atoms with Gasteiger partial charge in [-0.25, -0.2) is 0 Å². The number of pyridine rings is 1. The van der Waals surface area contributed by atoms with E-state index in [1.807, 2.05) is 36.7 Å². The average molecular weight is 763 g/mol. The van der Waals surface area contributed by atoms with Crippen LogP contribution in [0.15, 0.2) is 97.3 Å². The van der Waals surface area contributed by atoms with Crippen molar-refractivity contribution in [2.24, 2.45) is 0 Å². The number of aromatic nitrogens is 1. The molecule has 282 valence electrons. The zero-order valence-corrected chi connectivity index (χ0v) is 32.8. The van der Waals surface area contributed by atoms with Gasteiger partial charge in [0.1, 0.15) is 0 Å². The van der Waals surface area contributed by atoms with E-state index in [0.29, 0.717) is 40.5 Å². The number of piperidine rings is 1. The number of ether oxygens (including phenoxy) is 6. The molecule has 1 aliphatic rings. The van der Waals surface area contributed by atoms with Crippen molar-refractivity contribution in [1.82, 2.24) is 9.88 Å². The summed E-state index contributed by atoms with van der Waals surface area (Å²) in [5, 5.41) is 0. The maximum atomic E-state index is 5.64. The summed E-state index contributed by atoms with van der Waals surface area (Å²) in [6, 6.07) is 30.0. The van der Waals surface area contributed by atoms with Crippen LogP contribution in [-0.4, -0.2) is 71.7 Å². The van der Waals surface area contributed by atoms with Crippen LogP contribution >= 0.6 is 24.8 Å². The number of likely N-dealkylation sites (tertiary alicyclic amines) is 1. The highest BCUT2D eigenvalue weighted by molar-refractivity contribution is 5.85. The number of nitrogens with zero attached hydrogens (tertiary/aromatic N) is 3. The third kappa shape index (κ3) is 9.40. The molecule has 2 heterocycles. The van der Waals surface area contributed by atoms with E-state index in [0.717, 1.165) is 61.3 Å². The number of rotatable bonds is 14. The maximum absolute atomic E-state index is 5.64. The molecule has 6 rings (SSSR count). The Balaban J connectivity index is 0.00000314. The fourth-order valence-corrected chi connectivity index (χ4v) is 6.97. The van der Waals surface area contributed by atoms with E-state index in [1.165, 1.54) is 16.8 Å². The van der Waals surface area contributed by atoms with Crippen molar-refractivity contribution in [3.63, 3.8) is 0 Å². The molecule has 53 heavy (non-hydrogen) atoms. The van der Waals surface area contributed by atoms with Crippen LogP contribution in [0.25, 0.3) is 22.3 Å². The lowest BCUT2D eigenvalue weighted by Crippen LogP contribution is -2.44. The number of benzene rings is 4. The average Bonchev–Trinajstić information content (AvgIpc) is 3.19. The van der Waals surface area contributed by atoms with Crippen molar-refractivity contribution in [1.29, 1.82) is 0 Å². The second kappa shape index (κ2) is 19.3. The smallest absolute Gasteiger partial charge is 0.203 e. The first-order valence-electron chi connectivity index (χ1n) is 17.2. The van der Waals surface area contributed by atoms with Gasteiger partial charge in [0.25, 0.3) is 0 Å². The molecule has 0 amide bonds. The second-order valence-electron chi connectivity index (χ2n) is 12.6. The molecule has 1 fully saturated rings. The van der Waals surface area contributed by atoms with E-state index in [-0.39, 0.29) is 24.8 Å².